The molecular weight excluding hydrogens is 204 g/mol. The van der Waals surface area contributed by atoms with Crippen LogP contribution in [0.1, 0.15) is 6.92 Å². The molecule has 0 N–H and O–H groups in total. The summed E-state index contributed by atoms with van der Waals surface area (Å²) in [6.45, 7) is 5.59. The van der Waals surface area contributed by atoms with E-state index in [1.807, 2.05) is 11.9 Å². The average molecular weight is 224 g/mol. The van der Waals surface area contributed by atoms with E-state index in [0.717, 1.165) is 26.2 Å². The highest BCUT2D eigenvalue weighted by Crippen LogP contribution is 2.02. The fourth-order valence-corrected chi connectivity index (χ4v) is 1.60. The number of piperazine rings is 1. The van der Waals surface area contributed by atoms with E-state index < -0.39 is 0 Å². The standard InChI is InChI=1S/C11H20N4O/c1-10(8-12)14(3)9-11(16)15-6-4-13(2)5-7-15/h10H,4-7,9H2,1-3H3. The Kier molecular flexibility index (Phi) is 4.71. The van der Waals surface area contributed by atoms with Gasteiger partial charge in [-0.3, -0.25) is 9.69 Å². The van der Waals surface area contributed by atoms with Gasteiger partial charge in [0.25, 0.3) is 0 Å². The first-order valence-electron chi connectivity index (χ1n) is 5.60. The minimum atomic E-state index is -0.212. The van der Waals surface area contributed by atoms with E-state index in [9.17, 15) is 4.79 Å². The van der Waals surface area contributed by atoms with Gasteiger partial charge < -0.3 is 9.80 Å². The van der Waals surface area contributed by atoms with Crippen LogP contribution < -0.4 is 0 Å². The lowest BCUT2D eigenvalue weighted by Crippen LogP contribution is -2.50. The summed E-state index contributed by atoms with van der Waals surface area (Å²) in [5, 5.41) is 8.74. The van der Waals surface area contributed by atoms with Crippen molar-refractivity contribution in [3.05, 3.63) is 0 Å². The Balaban J connectivity index is 2.38. The van der Waals surface area contributed by atoms with Gasteiger partial charge in [0.2, 0.25) is 5.91 Å². The predicted molar refractivity (Wildman–Crippen MR) is 61.8 cm³/mol. The summed E-state index contributed by atoms with van der Waals surface area (Å²) in [6, 6.07) is 1.92. The molecule has 1 heterocycles. The Morgan fingerprint density at radius 3 is 2.50 bits per heavy atom. The number of hydrogen-bond acceptors (Lipinski definition) is 4. The van der Waals surface area contributed by atoms with Gasteiger partial charge in [-0.15, -0.1) is 0 Å². The van der Waals surface area contributed by atoms with Crippen LogP contribution in [0, 0.1) is 11.3 Å². The molecule has 0 bridgehead atoms. The summed E-state index contributed by atoms with van der Waals surface area (Å²) in [4.78, 5) is 17.8. The summed E-state index contributed by atoms with van der Waals surface area (Å²) in [5.41, 5.74) is 0. The van der Waals surface area contributed by atoms with Crippen molar-refractivity contribution in [3.63, 3.8) is 0 Å². The van der Waals surface area contributed by atoms with E-state index in [2.05, 4.69) is 18.0 Å². The lowest BCUT2D eigenvalue weighted by molar-refractivity contribution is -0.133. The zero-order chi connectivity index (χ0) is 12.1. The molecule has 1 amide bonds. The SMILES string of the molecule is CC(C#N)N(C)CC(=O)N1CCN(C)CC1. The summed E-state index contributed by atoms with van der Waals surface area (Å²) in [7, 11) is 3.87. The Morgan fingerprint density at radius 1 is 1.44 bits per heavy atom. The minimum Gasteiger partial charge on any atom is -0.339 e. The number of amides is 1. The van der Waals surface area contributed by atoms with Crippen molar-refractivity contribution in [1.29, 1.82) is 5.26 Å². The van der Waals surface area contributed by atoms with Crippen LogP contribution in [-0.2, 0) is 4.79 Å². The zero-order valence-electron chi connectivity index (χ0n) is 10.3. The van der Waals surface area contributed by atoms with Crippen molar-refractivity contribution in [2.45, 2.75) is 13.0 Å². The number of carbonyl (C=O) groups is 1. The van der Waals surface area contributed by atoms with Gasteiger partial charge in [-0.1, -0.05) is 0 Å². The quantitative estimate of drug-likeness (QED) is 0.655. The van der Waals surface area contributed by atoms with Gasteiger partial charge in [0.15, 0.2) is 0 Å². The minimum absolute atomic E-state index is 0.123. The van der Waals surface area contributed by atoms with Crippen LogP contribution in [0.25, 0.3) is 0 Å². The molecule has 16 heavy (non-hydrogen) atoms. The van der Waals surface area contributed by atoms with Gasteiger partial charge in [0.05, 0.1) is 18.7 Å². The molecule has 0 spiro atoms. The Labute approximate surface area is 97.2 Å². The molecule has 1 fully saturated rings. The molecule has 5 nitrogen and oxygen atoms in total. The number of nitrogens with zero attached hydrogens (tertiary/aromatic N) is 4. The first-order chi connectivity index (χ1) is 7.54. The normalized spacial score (nSPS) is 19.6. The van der Waals surface area contributed by atoms with Gasteiger partial charge in [0, 0.05) is 26.2 Å². The molecule has 0 aromatic carbocycles. The van der Waals surface area contributed by atoms with E-state index in [1.165, 1.54) is 0 Å². The Morgan fingerprint density at radius 2 is 2.00 bits per heavy atom. The summed E-state index contributed by atoms with van der Waals surface area (Å²) >= 11 is 0. The van der Waals surface area contributed by atoms with Crippen molar-refractivity contribution >= 4 is 5.91 Å². The second kappa shape index (κ2) is 5.83. The Bertz CT molecular complexity index is 278. The fourth-order valence-electron chi connectivity index (χ4n) is 1.60. The molecule has 1 aliphatic heterocycles. The molecule has 90 valence electrons. The van der Waals surface area contributed by atoms with Crippen LogP contribution in [0.4, 0.5) is 0 Å². The van der Waals surface area contributed by atoms with Gasteiger partial charge in [0.1, 0.15) is 0 Å². The monoisotopic (exact) mass is 224 g/mol. The largest absolute Gasteiger partial charge is 0.339 e. The predicted octanol–water partition coefficient (Wildman–Crippen LogP) is -0.396. The first-order valence-corrected chi connectivity index (χ1v) is 5.60. The van der Waals surface area contributed by atoms with Crippen molar-refractivity contribution in [3.8, 4) is 6.07 Å². The van der Waals surface area contributed by atoms with Crippen molar-refractivity contribution < 1.29 is 4.79 Å². The maximum Gasteiger partial charge on any atom is 0.236 e. The van der Waals surface area contributed by atoms with Crippen LogP contribution in [0.2, 0.25) is 0 Å². The number of likely N-dealkylation sites (N-methyl/N-ethyl adjacent to an activating group) is 2. The average Bonchev–Trinajstić information content (AvgIpc) is 2.28. The van der Waals surface area contributed by atoms with E-state index in [4.69, 9.17) is 5.26 Å². The van der Waals surface area contributed by atoms with E-state index in [0.29, 0.717) is 6.54 Å². The molecule has 1 unspecified atom stereocenters. The van der Waals surface area contributed by atoms with Crippen molar-refractivity contribution in [2.24, 2.45) is 0 Å². The van der Waals surface area contributed by atoms with Crippen LogP contribution in [0.3, 0.4) is 0 Å². The molecule has 1 atom stereocenters. The number of rotatable bonds is 3. The van der Waals surface area contributed by atoms with Crippen LogP contribution >= 0.6 is 0 Å². The molecule has 0 aliphatic carbocycles. The highest BCUT2D eigenvalue weighted by molar-refractivity contribution is 5.78. The van der Waals surface area contributed by atoms with Crippen molar-refractivity contribution in [2.75, 3.05) is 46.8 Å². The van der Waals surface area contributed by atoms with Gasteiger partial charge in [-0.05, 0) is 21.0 Å². The number of carbonyl (C=O) groups excluding carboxylic acids is 1. The smallest absolute Gasteiger partial charge is 0.236 e. The number of hydrogen-bond donors (Lipinski definition) is 0. The summed E-state index contributed by atoms with van der Waals surface area (Å²) < 4.78 is 0. The molecule has 0 saturated carbocycles. The fraction of sp³-hybridized carbons (Fsp3) is 0.818. The molecule has 0 aromatic heterocycles. The van der Waals surface area contributed by atoms with Crippen molar-refractivity contribution in [1.82, 2.24) is 14.7 Å². The molecule has 0 radical (unpaired) electrons. The Hall–Kier alpha value is -1.12. The molecule has 5 heteroatoms. The lowest BCUT2D eigenvalue weighted by atomic mass is 10.3. The molecule has 0 aromatic rings. The van der Waals surface area contributed by atoms with Gasteiger partial charge in [-0.2, -0.15) is 5.26 Å². The first kappa shape index (κ1) is 12.9. The molecule has 1 rings (SSSR count). The third-order valence-electron chi connectivity index (χ3n) is 3.09. The van der Waals surface area contributed by atoms with E-state index >= 15 is 0 Å². The third kappa shape index (κ3) is 3.47. The van der Waals surface area contributed by atoms with E-state index in [-0.39, 0.29) is 11.9 Å². The summed E-state index contributed by atoms with van der Waals surface area (Å²) in [6.07, 6.45) is 0. The van der Waals surface area contributed by atoms with Crippen LogP contribution in [-0.4, -0.2) is 73.5 Å². The third-order valence-corrected chi connectivity index (χ3v) is 3.09. The van der Waals surface area contributed by atoms with Crippen LogP contribution in [0.5, 0.6) is 0 Å². The molecule has 1 saturated heterocycles. The second-order valence-electron chi connectivity index (χ2n) is 4.40. The number of nitriles is 1. The van der Waals surface area contributed by atoms with Gasteiger partial charge in [-0.25, -0.2) is 0 Å². The lowest BCUT2D eigenvalue weighted by Gasteiger charge is -2.33. The maximum atomic E-state index is 11.9. The van der Waals surface area contributed by atoms with Gasteiger partial charge >= 0.3 is 0 Å². The zero-order valence-corrected chi connectivity index (χ0v) is 10.3. The molecular formula is C11H20N4O. The molecule has 1 aliphatic rings. The van der Waals surface area contributed by atoms with E-state index in [1.54, 1.807) is 11.8 Å². The summed E-state index contributed by atoms with van der Waals surface area (Å²) in [5.74, 6) is 0.123. The highest BCUT2D eigenvalue weighted by Gasteiger charge is 2.21. The highest BCUT2D eigenvalue weighted by atomic mass is 16.2. The second-order valence-corrected chi connectivity index (χ2v) is 4.40. The topological polar surface area (TPSA) is 50.6 Å². The van der Waals surface area contributed by atoms with Crippen LogP contribution in [0.15, 0.2) is 0 Å². The maximum absolute atomic E-state index is 11.9.